The van der Waals surface area contributed by atoms with Gasteiger partial charge in [-0.3, -0.25) is 14.5 Å². The van der Waals surface area contributed by atoms with Crippen LogP contribution in [0.2, 0.25) is 0 Å². The van der Waals surface area contributed by atoms with Gasteiger partial charge in [0.2, 0.25) is 16.7 Å². The molecule has 2 atom stereocenters. The van der Waals surface area contributed by atoms with Crippen molar-refractivity contribution in [2.45, 2.75) is 23.6 Å². The van der Waals surface area contributed by atoms with Crippen molar-refractivity contribution in [3.8, 4) is 5.75 Å². The van der Waals surface area contributed by atoms with Crippen molar-refractivity contribution in [2.24, 2.45) is 5.16 Å². The van der Waals surface area contributed by atoms with Crippen molar-refractivity contribution in [2.75, 3.05) is 30.9 Å². The number of oxime groups is 1. The first kappa shape index (κ1) is 38.5. The number of anilines is 1. The molecular formula is C40H34ClFN6O6S2. The second-order valence-corrected chi connectivity index (χ2v) is 14.6. The number of nitrogens with zero attached hydrogens (tertiary/aromatic N) is 4. The summed E-state index contributed by atoms with van der Waals surface area (Å²) in [5, 5.41) is 9.63. The average molecular weight is 813 g/mol. The number of benzene rings is 4. The first-order chi connectivity index (χ1) is 27.4. The number of fused-ring (bicyclic) bond motifs is 1. The van der Waals surface area contributed by atoms with E-state index in [1.807, 2.05) is 91.0 Å². The summed E-state index contributed by atoms with van der Waals surface area (Å²) in [6, 6.07) is 35.4. The molecular weight excluding hydrogens is 779 g/mol. The molecule has 0 unspecified atom stereocenters. The summed E-state index contributed by atoms with van der Waals surface area (Å²) < 4.78 is 28.5. The maximum Gasteiger partial charge on any atom is 0.355 e. The average Bonchev–Trinajstić information content (AvgIpc) is 3.72. The summed E-state index contributed by atoms with van der Waals surface area (Å²) >= 11 is 8.50. The van der Waals surface area contributed by atoms with Gasteiger partial charge < -0.3 is 24.9 Å². The second-order valence-electron chi connectivity index (χ2n) is 12.4. The van der Waals surface area contributed by atoms with E-state index in [0.29, 0.717) is 22.2 Å². The standard InChI is InChI=1S/C40H34ClFN6O6S2/c1-52-30-19-17-25(18-20-30)22-53-38(51)33-26(21-41)23-55-37-32(36(50)48(33)37)43-35(49)31(46-54-24-42)34-44-39(56-47-34)45-40(27-11-5-2-6-12-27,28-13-7-3-8-14-28)29-15-9-4-10-16-29/h2-20,32,37H,21-24H2,1H3,(H,43,49)(H,44,45,47)/b46-31-/t32-,37+/m1/s1. The summed E-state index contributed by atoms with van der Waals surface area (Å²) in [5.41, 5.74) is 2.63. The predicted molar refractivity (Wildman–Crippen MR) is 212 cm³/mol. The number of hydrogen-bond donors (Lipinski definition) is 2. The fourth-order valence-electron chi connectivity index (χ4n) is 6.51. The van der Waals surface area contributed by atoms with Crippen LogP contribution in [0.3, 0.4) is 0 Å². The van der Waals surface area contributed by atoms with Gasteiger partial charge >= 0.3 is 5.97 Å². The molecule has 2 N–H and O–H groups in total. The molecule has 0 spiro atoms. The zero-order valence-electron chi connectivity index (χ0n) is 29.8. The van der Waals surface area contributed by atoms with Gasteiger partial charge in [0.1, 0.15) is 35.0 Å². The number of ether oxygens (including phenoxy) is 2. The number of hydrogen-bond acceptors (Lipinski definition) is 12. The minimum atomic E-state index is -1.33. The number of thioether (sulfide) groups is 1. The van der Waals surface area contributed by atoms with Crippen molar-refractivity contribution in [1.82, 2.24) is 19.6 Å². The molecule has 1 saturated heterocycles. The molecule has 7 rings (SSSR count). The molecule has 1 aromatic heterocycles. The van der Waals surface area contributed by atoms with Crippen LogP contribution in [-0.4, -0.2) is 74.8 Å². The van der Waals surface area contributed by atoms with E-state index in [2.05, 4.69) is 30.0 Å². The normalized spacial score (nSPS) is 16.7. The Bertz CT molecular complexity index is 2150. The molecule has 2 amide bonds. The predicted octanol–water partition coefficient (Wildman–Crippen LogP) is 6.23. The van der Waals surface area contributed by atoms with Crippen LogP contribution < -0.4 is 15.4 Å². The number of methoxy groups -OCH3 is 1. The molecule has 12 nitrogen and oxygen atoms in total. The van der Waals surface area contributed by atoms with Crippen LogP contribution >= 0.6 is 34.9 Å². The number of carbonyl (C=O) groups excluding carboxylic acids is 3. The third-order valence-electron chi connectivity index (χ3n) is 9.19. The van der Waals surface area contributed by atoms with Crippen molar-refractivity contribution in [1.29, 1.82) is 0 Å². The van der Waals surface area contributed by atoms with Gasteiger partial charge in [0.25, 0.3) is 18.7 Å². The van der Waals surface area contributed by atoms with Crippen LogP contribution in [0.1, 0.15) is 28.1 Å². The van der Waals surface area contributed by atoms with Gasteiger partial charge in [0.15, 0.2) is 0 Å². The number of β-lactam (4-membered cyclic amide) rings is 1. The fourth-order valence-corrected chi connectivity index (χ4v) is 8.81. The Balaban J connectivity index is 1.11. The third-order valence-corrected chi connectivity index (χ3v) is 11.5. The van der Waals surface area contributed by atoms with Crippen molar-refractivity contribution < 1.29 is 33.1 Å². The Hall–Kier alpha value is -5.77. The minimum Gasteiger partial charge on any atom is -0.497 e. The van der Waals surface area contributed by atoms with E-state index in [1.54, 1.807) is 31.4 Å². The van der Waals surface area contributed by atoms with Gasteiger partial charge in [0, 0.05) is 23.2 Å². The molecule has 0 aliphatic carbocycles. The molecule has 4 aromatic carbocycles. The summed E-state index contributed by atoms with van der Waals surface area (Å²) in [7, 11) is 1.55. The number of halogens is 2. The fraction of sp³-hybridized carbons (Fsp3) is 0.200. The van der Waals surface area contributed by atoms with Crippen LogP contribution in [-0.2, 0) is 36.1 Å². The number of aromatic nitrogens is 2. The number of nitrogens with one attached hydrogen (secondary N) is 2. The molecule has 0 radical (unpaired) electrons. The highest BCUT2D eigenvalue weighted by molar-refractivity contribution is 8.00. The number of esters is 1. The van der Waals surface area contributed by atoms with Gasteiger partial charge in [-0.05, 0) is 40.0 Å². The number of amides is 2. The van der Waals surface area contributed by atoms with Gasteiger partial charge in [-0.15, -0.1) is 23.4 Å². The number of alkyl halides is 2. The molecule has 1 fully saturated rings. The maximum absolute atomic E-state index is 13.8. The van der Waals surface area contributed by atoms with E-state index < -0.39 is 47.3 Å². The molecule has 16 heteroatoms. The Morgan fingerprint density at radius 1 is 0.946 bits per heavy atom. The Kier molecular flexibility index (Phi) is 11.9. The molecule has 0 bridgehead atoms. The highest BCUT2D eigenvalue weighted by Crippen LogP contribution is 2.42. The van der Waals surface area contributed by atoms with Crippen LogP contribution in [0, 0.1) is 0 Å². The quantitative estimate of drug-likeness (QED) is 0.0312. The van der Waals surface area contributed by atoms with E-state index >= 15 is 0 Å². The van der Waals surface area contributed by atoms with Crippen LogP contribution in [0.4, 0.5) is 9.52 Å². The number of carbonyl (C=O) groups is 3. The molecule has 286 valence electrons. The Labute approximate surface area is 334 Å². The first-order valence-corrected chi connectivity index (χ1v) is 19.6. The van der Waals surface area contributed by atoms with E-state index in [1.165, 1.54) is 16.7 Å². The molecule has 5 aromatic rings. The molecule has 2 aliphatic rings. The van der Waals surface area contributed by atoms with E-state index in [4.69, 9.17) is 21.1 Å². The molecule has 0 saturated carbocycles. The van der Waals surface area contributed by atoms with Crippen molar-refractivity contribution in [3.63, 3.8) is 0 Å². The third kappa shape index (κ3) is 7.70. The highest BCUT2D eigenvalue weighted by atomic mass is 35.5. The lowest BCUT2D eigenvalue weighted by molar-refractivity contribution is -0.153. The first-order valence-electron chi connectivity index (χ1n) is 17.3. The summed E-state index contributed by atoms with van der Waals surface area (Å²) in [4.78, 5) is 51.4. The highest BCUT2D eigenvalue weighted by Gasteiger charge is 2.54. The van der Waals surface area contributed by atoms with Crippen LogP contribution in [0.25, 0.3) is 0 Å². The maximum atomic E-state index is 13.8. The van der Waals surface area contributed by atoms with Gasteiger partial charge in [-0.1, -0.05) is 108 Å². The van der Waals surface area contributed by atoms with E-state index in [-0.39, 0.29) is 24.0 Å². The van der Waals surface area contributed by atoms with E-state index in [9.17, 15) is 18.8 Å². The lowest BCUT2D eigenvalue weighted by Gasteiger charge is -2.49. The molecule has 3 heterocycles. The largest absolute Gasteiger partial charge is 0.497 e. The Morgan fingerprint density at radius 2 is 1.55 bits per heavy atom. The summed E-state index contributed by atoms with van der Waals surface area (Å²) in [6.07, 6.45) is 0. The Morgan fingerprint density at radius 3 is 2.11 bits per heavy atom. The van der Waals surface area contributed by atoms with Crippen molar-refractivity contribution >= 4 is 63.5 Å². The lowest BCUT2D eigenvalue weighted by atomic mass is 9.77. The van der Waals surface area contributed by atoms with Crippen LogP contribution in [0.15, 0.2) is 132 Å². The van der Waals surface area contributed by atoms with Crippen molar-refractivity contribution in [3.05, 3.63) is 155 Å². The zero-order chi connectivity index (χ0) is 39.1. The van der Waals surface area contributed by atoms with Gasteiger partial charge in [-0.2, -0.15) is 9.36 Å². The second kappa shape index (κ2) is 17.4. The SMILES string of the molecule is COc1ccc(COC(=O)C2=C(CCl)CS[C@H]3[C@H](NC(=O)/C(=N\OCF)c4nsc(NC(c5ccccc5)(c5ccccc5)c5ccccc5)n4)C(=O)N23)cc1. The van der Waals surface area contributed by atoms with E-state index in [0.717, 1.165) is 33.8 Å². The lowest BCUT2D eigenvalue weighted by Crippen LogP contribution is -2.71. The smallest absolute Gasteiger partial charge is 0.355 e. The monoisotopic (exact) mass is 812 g/mol. The zero-order valence-corrected chi connectivity index (χ0v) is 32.2. The summed E-state index contributed by atoms with van der Waals surface area (Å²) in [5.74, 6) is -1.34. The number of rotatable bonds is 15. The van der Waals surface area contributed by atoms with Crippen LogP contribution in [0.5, 0.6) is 5.75 Å². The van der Waals surface area contributed by atoms with Gasteiger partial charge in [0.05, 0.1) is 7.11 Å². The molecule has 56 heavy (non-hydrogen) atoms. The topological polar surface area (TPSA) is 144 Å². The molecule has 2 aliphatic heterocycles. The summed E-state index contributed by atoms with van der Waals surface area (Å²) in [6.45, 7) is -1.37. The van der Waals surface area contributed by atoms with Gasteiger partial charge in [-0.25, -0.2) is 9.18 Å². The minimum absolute atomic E-state index is 0.00314.